The fourth-order valence-electron chi connectivity index (χ4n) is 2.20. The van der Waals surface area contributed by atoms with Gasteiger partial charge in [0.1, 0.15) is 4.88 Å². The summed E-state index contributed by atoms with van der Waals surface area (Å²) in [5.41, 5.74) is 6.33. The molecule has 100 valence electrons. The number of carbonyl (C=O) groups is 1. The minimum Gasteiger partial charge on any atom is -0.465 e. The van der Waals surface area contributed by atoms with Crippen molar-refractivity contribution in [3.8, 4) is 0 Å². The van der Waals surface area contributed by atoms with E-state index < -0.39 is 0 Å². The first kappa shape index (κ1) is 13.2. The van der Waals surface area contributed by atoms with Crippen molar-refractivity contribution in [2.75, 3.05) is 44.5 Å². The van der Waals surface area contributed by atoms with Gasteiger partial charge in [0.2, 0.25) is 0 Å². The Bertz CT molecular complexity index is 433. The van der Waals surface area contributed by atoms with Crippen molar-refractivity contribution in [3.05, 3.63) is 10.9 Å². The molecule has 1 aliphatic heterocycles. The molecule has 5 nitrogen and oxygen atoms in total. The van der Waals surface area contributed by atoms with Crippen LogP contribution in [0.15, 0.2) is 6.07 Å². The summed E-state index contributed by atoms with van der Waals surface area (Å²) in [6.45, 7) is 2.71. The average Bonchev–Trinajstić information content (AvgIpc) is 2.95. The molecule has 2 rings (SSSR count). The zero-order valence-electron chi connectivity index (χ0n) is 10.6. The SMILES string of the molecule is COCC1CCN(c2cc(N)c(C(=O)OC)s2)C1. The fraction of sp³-hybridized carbons (Fsp3) is 0.583. The van der Waals surface area contributed by atoms with Gasteiger partial charge < -0.3 is 20.1 Å². The Morgan fingerprint density at radius 1 is 1.61 bits per heavy atom. The molecule has 1 saturated heterocycles. The molecule has 0 aromatic carbocycles. The van der Waals surface area contributed by atoms with Crippen LogP contribution in [-0.2, 0) is 9.47 Å². The van der Waals surface area contributed by atoms with Crippen LogP contribution in [0.4, 0.5) is 10.7 Å². The second-order valence-corrected chi connectivity index (χ2v) is 5.45. The van der Waals surface area contributed by atoms with Gasteiger partial charge in [-0.05, 0) is 12.5 Å². The van der Waals surface area contributed by atoms with Crippen LogP contribution >= 0.6 is 11.3 Å². The standard InChI is InChI=1S/C12H18N2O3S/c1-16-7-8-3-4-14(6-8)10-5-9(13)11(18-10)12(15)17-2/h5,8H,3-4,6-7,13H2,1-2H3. The van der Waals surface area contributed by atoms with Gasteiger partial charge in [-0.25, -0.2) is 4.79 Å². The van der Waals surface area contributed by atoms with E-state index in [4.69, 9.17) is 15.2 Å². The summed E-state index contributed by atoms with van der Waals surface area (Å²) in [6.07, 6.45) is 1.11. The average molecular weight is 270 g/mol. The summed E-state index contributed by atoms with van der Waals surface area (Å²) < 4.78 is 9.88. The number of anilines is 2. The Labute approximate surface area is 110 Å². The van der Waals surface area contributed by atoms with E-state index in [2.05, 4.69) is 4.90 Å². The van der Waals surface area contributed by atoms with Crippen LogP contribution in [0, 0.1) is 5.92 Å². The molecule has 1 fully saturated rings. The maximum Gasteiger partial charge on any atom is 0.350 e. The van der Waals surface area contributed by atoms with Gasteiger partial charge in [-0.15, -0.1) is 11.3 Å². The van der Waals surface area contributed by atoms with E-state index in [0.717, 1.165) is 31.1 Å². The number of ether oxygens (including phenoxy) is 2. The van der Waals surface area contributed by atoms with Crippen LogP contribution < -0.4 is 10.6 Å². The number of rotatable bonds is 4. The lowest BCUT2D eigenvalue weighted by atomic mass is 10.1. The smallest absolute Gasteiger partial charge is 0.350 e. The van der Waals surface area contributed by atoms with E-state index >= 15 is 0 Å². The van der Waals surface area contributed by atoms with Gasteiger partial charge in [0, 0.05) is 26.1 Å². The van der Waals surface area contributed by atoms with Crippen LogP contribution in [0.2, 0.25) is 0 Å². The van der Waals surface area contributed by atoms with E-state index in [1.54, 1.807) is 7.11 Å². The van der Waals surface area contributed by atoms with Gasteiger partial charge in [0.25, 0.3) is 0 Å². The number of hydrogen-bond acceptors (Lipinski definition) is 6. The molecule has 18 heavy (non-hydrogen) atoms. The Kier molecular flexibility index (Phi) is 4.08. The van der Waals surface area contributed by atoms with Gasteiger partial charge >= 0.3 is 5.97 Å². The van der Waals surface area contributed by atoms with Crippen LogP contribution in [0.5, 0.6) is 0 Å². The molecular formula is C12H18N2O3S. The van der Waals surface area contributed by atoms with E-state index in [0.29, 0.717) is 16.5 Å². The monoisotopic (exact) mass is 270 g/mol. The summed E-state index contributed by atoms with van der Waals surface area (Å²) in [5, 5.41) is 1.03. The van der Waals surface area contributed by atoms with Crippen LogP contribution in [0.3, 0.4) is 0 Å². The Morgan fingerprint density at radius 3 is 3.06 bits per heavy atom. The molecular weight excluding hydrogens is 252 g/mol. The second kappa shape index (κ2) is 5.58. The van der Waals surface area contributed by atoms with Gasteiger partial charge in [0.15, 0.2) is 0 Å². The fourth-order valence-corrected chi connectivity index (χ4v) is 3.24. The molecule has 1 aliphatic rings. The molecule has 2 N–H and O–H groups in total. The molecule has 1 unspecified atom stereocenters. The first-order valence-electron chi connectivity index (χ1n) is 5.87. The molecule has 2 heterocycles. The van der Waals surface area contributed by atoms with E-state index in [9.17, 15) is 4.79 Å². The minimum absolute atomic E-state index is 0.364. The summed E-state index contributed by atoms with van der Waals surface area (Å²) in [5.74, 6) is 0.191. The van der Waals surface area contributed by atoms with Crippen molar-refractivity contribution < 1.29 is 14.3 Å². The Morgan fingerprint density at radius 2 is 2.39 bits per heavy atom. The number of hydrogen-bond donors (Lipinski definition) is 1. The number of nitrogen functional groups attached to an aromatic ring is 1. The third-order valence-corrected chi connectivity index (χ3v) is 4.31. The highest BCUT2D eigenvalue weighted by Crippen LogP contribution is 2.35. The van der Waals surface area contributed by atoms with Crippen molar-refractivity contribution in [2.45, 2.75) is 6.42 Å². The number of nitrogens with two attached hydrogens (primary N) is 1. The van der Waals surface area contributed by atoms with E-state index in [1.807, 2.05) is 6.07 Å². The molecule has 0 aliphatic carbocycles. The number of nitrogens with zero attached hydrogens (tertiary/aromatic N) is 1. The molecule has 0 spiro atoms. The lowest BCUT2D eigenvalue weighted by Crippen LogP contribution is -2.19. The molecule has 1 atom stereocenters. The van der Waals surface area contributed by atoms with E-state index in [1.165, 1.54) is 18.4 Å². The van der Waals surface area contributed by atoms with Gasteiger partial charge in [-0.3, -0.25) is 0 Å². The second-order valence-electron chi connectivity index (χ2n) is 4.42. The quantitative estimate of drug-likeness (QED) is 0.842. The third kappa shape index (κ3) is 2.59. The first-order valence-corrected chi connectivity index (χ1v) is 6.68. The van der Waals surface area contributed by atoms with Gasteiger partial charge in [0.05, 0.1) is 24.4 Å². The number of carbonyl (C=O) groups excluding carboxylic acids is 1. The largest absolute Gasteiger partial charge is 0.465 e. The zero-order chi connectivity index (χ0) is 13.1. The normalized spacial score (nSPS) is 19.2. The summed E-state index contributed by atoms with van der Waals surface area (Å²) in [6, 6.07) is 1.85. The highest BCUT2D eigenvalue weighted by Gasteiger charge is 2.25. The Hall–Kier alpha value is -1.27. The maximum absolute atomic E-state index is 11.5. The van der Waals surface area contributed by atoms with Crippen molar-refractivity contribution in [3.63, 3.8) is 0 Å². The molecule has 6 heteroatoms. The lowest BCUT2D eigenvalue weighted by molar-refractivity contribution is 0.0607. The summed E-state index contributed by atoms with van der Waals surface area (Å²) >= 11 is 1.40. The van der Waals surface area contributed by atoms with Gasteiger partial charge in [-0.1, -0.05) is 0 Å². The van der Waals surface area contributed by atoms with Crippen molar-refractivity contribution >= 4 is 28.0 Å². The molecule has 0 radical (unpaired) electrons. The van der Waals surface area contributed by atoms with Crippen molar-refractivity contribution in [1.82, 2.24) is 0 Å². The maximum atomic E-state index is 11.5. The highest BCUT2D eigenvalue weighted by molar-refractivity contribution is 7.18. The minimum atomic E-state index is -0.364. The summed E-state index contributed by atoms with van der Waals surface area (Å²) in [4.78, 5) is 14.2. The topological polar surface area (TPSA) is 64.8 Å². The van der Waals surface area contributed by atoms with Crippen molar-refractivity contribution in [2.24, 2.45) is 5.92 Å². The molecule has 0 saturated carbocycles. The number of thiophene rings is 1. The van der Waals surface area contributed by atoms with Crippen LogP contribution in [-0.4, -0.2) is 39.9 Å². The predicted octanol–water partition coefficient (Wildman–Crippen LogP) is 1.59. The van der Waals surface area contributed by atoms with Crippen molar-refractivity contribution in [1.29, 1.82) is 0 Å². The zero-order valence-corrected chi connectivity index (χ0v) is 11.5. The number of esters is 1. The first-order chi connectivity index (χ1) is 8.65. The highest BCUT2D eigenvalue weighted by atomic mass is 32.1. The molecule has 0 amide bonds. The lowest BCUT2D eigenvalue weighted by Gasteiger charge is -2.15. The van der Waals surface area contributed by atoms with Crippen LogP contribution in [0.1, 0.15) is 16.1 Å². The van der Waals surface area contributed by atoms with E-state index in [-0.39, 0.29) is 5.97 Å². The molecule has 1 aromatic heterocycles. The molecule has 0 bridgehead atoms. The van der Waals surface area contributed by atoms with Gasteiger partial charge in [-0.2, -0.15) is 0 Å². The summed E-state index contributed by atoms with van der Waals surface area (Å²) in [7, 11) is 3.09. The third-order valence-electron chi connectivity index (χ3n) is 3.12. The Balaban J connectivity index is 2.08. The van der Waals surface area contributed by atoms with Crippen LogP contribution in [0.25, 0.3) is 0 Å². The number of methoxy groups -OCH3 is 2. The molecule has 1 aromatic rings. The predicted molar refractivity (Wildman–Crippen MR) is 72.3 cm³/mol.